The molecule has 8 nitrogen and oxygen atoms in total. The van der Waals surface area contributed by atoms with Gasteiger partial charge in [-0.15, -0.1) is 5.10 Å². The number of aryl methyl sites for hydroxylation is 1. The lowest BCUT2D eigenvalue weighted by molar-refractivity contribution is -0.933. The highest BCUT2D eigenvalue weighted by molar-refractivity contribution is 5.82. The van der Waals surface area contributed by atoms with Crippen molar-refractivity contribution in [1.29, 1.82) is 0 Å². The first kappa shape index (κ1) is 19.4. The van der Waals surface area contributed by atoms with E-state index in [1.54, 1.807) is 0 Å². The number of para-hydroxylation sites is 1. The van der Waals surface area contributed by atoms with Gasteiger partial charge in [0.15, 0.2) is 6.04 Å². The summed E-state index contributed by atoms with van der Waals surface area (Å²) >= 11 is 0. The smallest absolute Gasteiger partial charge is 0.258 e. The summed E-state index contributed by atoms with van der Waals surface area (Å²) in [4.78, 5) is 17.7. The number of aromatic amines is 1. The van der Waals surface area contributed by atoms with E-state index in [0.29, 0.717) is 19.3 Å². The van der Waals surface area contributed by atoms with Crippen molar-refractivity contribution in [2.45, 2.75) is 51.1 Å². The standard InChI is InChI=1S/C22H28N6O2/c1-15-6-5-7-16-14-18(22(29)23-19(15)16)20(27-10-12-30-13-11-27)21-24-25-26-28(21)17-8-3-2-4-9-17/h5-7,14,17,20H,2-4,8-13H2,1H3,(H,23,29)/p+1/t20-/m0/s1. The largest absolute Gasteiger partial charge is 0.370 e. The number of nitrogens with one attached hydrogen (secondary N) is 2. The molecule has 2 fully saturated rings. The van der Waals surface area contributed by atoms with Crippen LogP contribution in [-0.4, -0.2) is 51.5 Å². The van der Waals surface area contributed by atoms with Gasteiger partial charge in [-0.3, -0.25) is 4.79 Å². The molecule has 5 rings (SSSR count). The van der Waals surface area contributed by atoms with Crippen molar-refractivity contribution in [2.75, 3.05) is 26.3 Å². The molecule has 2 aliphatic rings. The summed E-state index contributed by atoms with van der Waals surface area (Å²) in [6.07, 6.45) is 5.87. The lowest BCUT2D eigenvalue weighted by Crippen LogP contribution is -3.14. The Morgan fingerprint density at radius 1 is 1.20 bits per heavy atom. The van der Waals surface area contributed by atoms with Crippen molar-refractivity contribution in [2.24, 2.45) is 0 Å². The number of ether oxygens (including phenoxy) is 1. The Hall–Kier alpha value is -2.58. The van der Waals surface area contributed by atoms with Crippen molar-refractivity contribution in [3.05, 3.63) is 51.6 Å². The zero-order chi connectivity index (χ0) is 20.5. The number of quaternary nitrogens is 1. The van der Waals surface area contributed by atoms with Crippen LogP contribution in [0.2, 0.25) is 0 Å². The minimum atomic E-state index is -0.209. The van der Waals surface area contributed by atoms with E-state index in [0.717, 1.165) is 53.8 Å². The van der Waals surface area contributed by atoms with Crippen LogP contribution in [0.3, 0.4) is 0 Å². The number of benzene rings is 1. The van der Waals surface area contributed by atoms with E-state index in [-0.39, 0.29) is 11.6 Å². The highest BCUT2D eigenvalue weighted by Gasteiger charge is 2.36. The number of hydrogen-bond donors (Lipinski definition) is 2. The first-order valence-electron chi connectivity index (χ1n) is 11.0. The van der Waals surface area contributed by atoms with Crippen molar-refractivity contribution >= 4 is 10.9 Å². The van der Waals surface area contributed by atoms with Gasteiger partial charge in [0, 0.05) is 0 Å². The minimum Gasteiger partial charge on any atom is -0.370 e. The fourth-order valence-electron chi connectivity index (χ4n) is 5.05. The Balaban J connectivity index is 1.64. The predicted molar refractivity (Wildman–Crippen MR) is 113 cm³/mol. The van der Waals surface area contributed by atoms with Crippen LogP contribution in [-0.2, 0) is 4.74 Å². The van der Waals surface area contributed by atoms with Gasteiger partial charge in [0.2, 0.25) is 5.82 Å². The van der Waals surface area contributed by atoms with Crippen LogP contribution in [0.1, 0.15) is 61.1 Å². The number of fused-ring (bicyclic) bond motifs is 1. The summed E-state index contributed by atoms with van der Waals surface area (Å²) in [6, 6.07) is 8.24. The van der Waals surface area contributed by atoms with Crippen LogP contribution in [0, 0.1) is 6.92 Å². The molecule has 3 aromatic rings. The number of tetrazole rings is 1. The molecule has 1 atom stereocenters. The van der Waals surface area contributed by atoms with Gasteiger partial charge < -0.3 is 14.6 Å². The highest BCUT2D eigenvalue weighted by atomic mass is 16.5. The van der Waals surface area contributed by atoms with E-state index >= 15 is 0 Å². The lowest BCUT2D eigenvalue weighted by atomic mass is 9.95. The first-order chi connectivity index (χ1) is 14.7. The Morgan fingerprint density at radius 2 is 2.00 bits per heavy atom. The molecule has 1 saturated heterocycles. The first-order valence-corrected chi connectivity index (χ1v) is 11.0. The van der Waals surface area contributed by atoms with Gasteiger partial charge in [-0.2, -0.15) is 0 Å². The second-order valence-corrected chi connectivity index (χ2v) is 8.57. The average Bonchev–Trinajstić information content (AvgIpc) is 3.26. The molecular weight excluding hydrogens is 380 g/mol. The summed E-state index contributed by atoms with van der Waals surface area (Å²) in [5.41, 5.74) is 2.64. The SMILES string of the molecule is Cc1cccc2cc([C@@H](c3nnnn3C3CCCCC3)[NH+]3CCOCC3)c(=O)[nH]c12. The van der Waals surface area contributed by atoms with E-state index in [1.165, 1.54) is 24.2 Å². The van der Waals surface area contributed by atoms with Gasteiger partial charge in [-0.05, 0) is 47.2 Å². The van der Waals surface area contributed by atoms with E-state index in [1.807, 2.05) is 29.8 Å². The van der Waals surface area contributed by atoms with Gasteiger partial charge in [-0.1, -0.05) is 37.5 Å². The van der Waals surface area contributed by atoms with Gasteiger partial charge in [0.1, 0.15) is 13.1 Å². The average molecular weight is 410 g/mol. The molecule has 0 unspecified atom stereocenters. The third-order valence-corrected chi connectivity index (χ3v) is 6.67. The van der Waals surface area contributed by atoms with Crippen molar-refractivity contribution in [3.8, 4) is 0 Å². The molecule has 1 aliphatic carbocycles. The molecule has 1 saturated carbocycles. The quantitative estimate of drug-likeness (QED) is 0.679. The van der Waals surface area contributed by atoms with Crippen LogP contribution in [0.25, 0.3) is 10.9 Å². The minimum absolute atomic E-state index is 0.0565. The molecule has 158 valence electrons. The van der Waals surface area contributed by atoms with Crippen LogP contribution in [0.4, 0.5) is 0 Å². The molecule has 0 spiro atoms. The molecule has 30 heavy (non-hydrogen) atoms. The molecular formula is C22H29N6O2+. The molecule has 0 bridgehead atoms. The van der Waals surface area contributed by atoms with Crippen molar-refractivity contribution in [3.63, 3.8) is 0 Å². The Morgan fingerprint density at radius 3 is 2.80 bits per heavy atom. The van der Waals surface area contributed by atoms with E-state index in [4.69, 9.17) is 4.74 Å². The molecule has 2 N–H and O–H groups in total. The molecule has 8 heteroatoms. The number of aromatic nitrogens is 5. The molecule has 1 aliphatic heterocycles. The summed E-state index contributed by atoms with van der Waals surface area (Å²) < 4.78 is 7.61. The molecule has 0 amide bonds. The number of rotatable bonds is 4. The maximum Gasteiger partial charge on any atom is 0.258 e. The second-order valence-electron chi connectivity index (χ2n) is 8.57. The predicted octanol–water partition coefficient (Wildman–Crippen LogP) is 1.33. The van der Waals surface area contributed by atoms with Gasteiger partial charge in [-0.25, -0.2) is 4.68 Å². The van der Waals surface area contributed by atoms with Crippen molar-refractivity contribution in [1.82, 2.24) is 25.2 Å². The molecule has 2 aromatic heterocycles. The van der Waals surface area contributed by atoms with Crippen LogP contribution in [0.5, 0.6) is 0 Å². The zero-order valence-corrected chi connectivity index (χ0v) is 17.4. The summed E-state index contributed by atoms with van der Waals surface area (Å²) in [5, 5.41) is 13.9. The van der Waals surface area contributed by atoms with E-state index in [2.05, 4.69) is 26.6 Å². The van der Waals surface area contributed by atoms with Crippen molar-refractivity contribution < 1.29 is 9.64 Å². The third-order valence-electron chi connectivity index (χ3n) is 6.67. The van der Waals surface area contributed by atoms with Crippen LogP contribution >= 0.6 is 0 Å². The molecule has 0 radical (unpaired) electrons. The number of pyridine rings is 1. The lowest BCUT2D eigenvalue weighted by Gasteiger charge is -2.32. The Bertz CT molecular complexity index is 1080. The Labute approximate surface area is 175 Å². The fraction of sp³-hybridized carbons (Fsp3) is 0.545. The topological polar surface area (TPSA) is 90.1 Å². The fourth-order valence-corrected chi connectivity index (χ4v) is 5.05. The maximum absolute atomic E-state index is 13.3. The number of nitrogens with zero attached hydrogens (tertiary/aromatic N) is 4. The zero-order valence-electron chi connectivity index (χ0n) is 17.4. The number of morpholine rings is 1. The van der Waals surface area contributed by atoms with E-state index in [9.17, 15) is 4.79 Å². The summed E-state index contributed by atoms with van der Waals surface area (Å²) in [6.45, 7) is 5.04. The maximum atomic E-state index is 13.3. The third kappa shape index (κ3) is 3.54. The van der Waals surface area contributed by atoms with Crippen LogP contribution in [0.15, 0.2) is 29.1 Å². The number of hydrogen-bond acceptors (Lipinski definition) is 5. The summed E-state index contributed by atoms with van der Waals surface area (Å²) in [5.74, 6) is 0.802. The van der Waals surface area contributed by atoms with Gasteiger partial charge in [0.25, 0.3) is 5.56 Å². The number of H-pyrrole nitrogens is 1. The Kier molecular flexibility index (Phi) is 5.35. The van der Waals surface area contributed by atoms with Gasteiger partial charge in [0.05, 0.1) is 30.3 Å². The summed E-state index contributed by atoms with van der Waals surface area (Å²) in [7, 11) is 0. The van der Waals surface area contributed by atoms with E-state index < -0.39 is 0 Å². The van der Waals surface area contributed by atoms with Gasteiger partial charge >= 0.3 is 0 Å². The second kappa shape index (κ2) is 8.28. The normalized spacial score (nSPS) is 19.9. The monoisotopic (exact) mass is 409 g/mol. The van der Waals surface area contributed by atoms with Crippen LogP contribution < -0.4 is 10.5 Å². The highest BCUT2D eigenvalue weighted by Crippen LogP contribution is 2.30. The molecule has 1 aromatic carbocycles. The molecule has 3 heterocycles.